The van der Waals surface area contributed by atoms with Crippen molar-refractivity contribution < 1.29 is 14.4 Å². The van der Waals surface area contributed by atoms with Crippen molar-refractivity contribution >= 4 is 29.1 Å². The first kappa shape index (κ1) is 19.3. The number of carbonyl (C=O) groups is 3. The average Bonchev–Trinajstić information content (AvgIpc) is 2.72. The number of hydrogen-bond donors (Lipinski definition) is 0. The summed E-state index contributed by atoms with van der Waals surface area (Å²) >= 11 is 5.88. The third-order valence-electron chi connectivity index (χ3n) is 4.94. The van der Waals surface area contributed by atoms with Gasteiger partial charge < -0.3 is 4.90 Å². The molecule has 2 aromatic carbocycles. The molecule has 4 nitrogen and oxygen atoms in total. The molecule has 1 heterocycles. The van der Waals surface area contributed by atoms with E-state index in [0.29, 0.717) is 29.2 Å². The highest BCUT2D eigenvalue weighted by Gasteiger charge is 2.29. The van der Waals surface area contributed by atoms with Crippen molar-refractivity contribution in [2.24, 2.45) is 5.92 Å². The van der Waals surface area contributed by atoms with Crippen molar-refractivity contribution in [2.45, 2.75) is 25.7 Å². The van der Waals surface area contributed by atoms with Gasteiger partial charge in [0.05, 0.1) is 0 Å². The predicted octanol–water partition coefficient (Wildman–Crippen LogP) is 4.42. The van der Waals surface area contributed by atoms with Crippen molar-refractivity contribution in [2.75, 3.05) is 13.1 Å². The van der Waals surface area contributed by atoms with Gasteiger partial charge in [-0.15, -0.1) is 0 Å². The van der Waals surface area contributed by atoms with Crippen molar-refractivity contribution in [3.8, 4) is 0 Å². The number of hydrogen-bond acceptors (Lipinski definition) is 3. The summed E-state index contributed by atoms with van der Waals surface area (Å²) in [6, 6.07) is 15.9. The monoisotopic (exact) mass is 383 g/mol. The summed E-state index contributed by atoms with van der Waals surface area (Å²) < 4.78 is 0. The second-order valence-corrected chi connectivity index (χ2v) is 7.28. The number of halogens is 1. The van der Waals surface area contributed by atoms with Crippen LogP contribution < -0.4 is 0 Å². The maximum absolute atomic E-state index is 12.7. The minimum atomic E-state index is -0.200. The highest BCUT2D eigenvalue weighted by Crippen LogP contribution is 2.23. The summed E-state index contributed by atoms with van der Waals surface area (Å²) in [5.41, 5.74) is 1.25. The van der Waals surface area contributed by atoms with Gasteiger partial charge in [0.1, 0.15) is 0 Å². The molecule has 27 heavy (non-hydrogen) atoms. The Morgan fingerprint density at radius 2 is 1.63 bits per heavy atom. The van der Waals surface area contributed by atoms with Crippen molar-refractivity contribution in [1.29, 1.82) is 0 Å². The molecule has 0 bridgehead atoms. The van der Waals surface area contributed by atoms with E-state index >= 15 is 0 Å². The molecule has 0 radical (unpaired) electrons. The Bertz CT molecular complexity index is 817. The van der Waals surface area contributed by atoms with Gasteiger partial charge in [-0.25, -0.2) is 0 Å². The van der Waals surface area contributed by atoms with Crippen LogP contribution in [0.5, 0.6) is 0 Å². The highest BCUT2D eigenvalue weighted by molar-refractivity contribution is 6.30. The van der Waals surface area contributed by atoms with Gasteiger partial charge in [-0.2, -0.15) is 0 Å². The van der Waals surface area contributed by atoms with E-state index in [-0.39, 0.29) is 36.2 Å². The summed E-state index contributed by atoms with van der Waals surface area (Å²) in [6.45, 7) is 1.06. The summed E-state index contributed by atoms with van der Waals surface area (Å²) in [5, 5.41) is 0.593. The number of amides is 1. The lowest BCUT2D eigenvalue weighted by molar-refractivity contribution is -0.132. The number of benzene rings is 2. The molecule has 0 saturated carbocycles. The van der Waals surface area contributed by atoms with Crippen LogP contribution in [-0.4, -0.2) is 35.5 Å². The Hall–Kier alpha value is -2.46. The van der Waals surface area contributed by atoms with E-state index in [9.17, 15) is 14.4 Å². The van der Waals surface area contributed by atoms with Gasteiger partial charge in [0.15, 0.2) is 11.6 Å². The Balaban J connectivity index is 1.55. The zero-order valence-electron chi connectivity index (χ0n) is 15.1. The van der Waals surface area contributed by atoms with Crippen LogP contribution in [0.2, 0.25) is 5.02 Å². The molecule has 0 spiro atoms. The van der Waals surface area contributed by atoms with Crippen molar-refractivity contribution in [3.05, 3.63) is 70.7 Å². The zero-order valence-corrected chi connectivity index (χ0v) is 15.8. The molecule has 5 heteroatoms. The van der Waals surface area contributed by atoms with E-state index in [4.69, 9.17) is 11.6 Å². The smallest absolute Gasteiger partial charge is 0.223 e. The third-order valence-corrected chi connectivity index (χ3v) is 5.19. The topological polar surface area (TPSA) is 54.5 Å². The number of piperidine rings is 1. The van der Waals surface area contributed by atoms with Gasteiger partial charge in [-0.1, -0.05) is 41.9 Å². The first-order chi connectivity index (χ1) is 13.0. The SMILES string of the molecule is O=C(CCC(=O)N1CCC[C@H](C(=O)c2ccc(Cl)cc2)C1)c1ccccc1. The van der Waals surface area contributed by atoms with Gasteiger partial charge in [-0.3, -0.25) is 14.4 Å². The fraction of sp³-hybridized carbons (Fsp3) is 0.318. The largest absolute Gasteiger partial charge is 0.342 e. The van der Waals surface area contributed by atoms with Crippen molar-refractivity contribution in [1.82, 2.24) is 4.90 Å². The molecule has 0 N–H and O–H groups in total. The maximum atomic E-state index is 12.7. The van der Waals surface area contributed by atoms with Gasteiger partial charge in [0.25, 0.3) is 0 Å². The number of rotatable bonds is 6. The highest BCUT2D eigenvalue weighted by atomic mass is 35.5. The van der Waals surface area contributed by atoms with Gasteiger partial charge in [-0.05, 0) is 37.1 Å². The molecule has 2 aromatic rings. The molecule has 1 atom stereocenters. The summed E-state index contributed by atoms with van der Waals surface area (Å²) in [4.78, 5) is 39.1. The lowest BCUT2D eigenvalue weighted by Gasteiger charge is -2.32. The molecule has 3 rings (SSSR count). The van der Waals surface area contributed by atoms with E-state index in [1.165, 1.54) is 0 Å². The second kappa shape index (κ2) is 8.96. The summed E-state index contributed by atoms with van der Waals surface area (Å²) in [7, 11) is 0. The molecule has 1 amide bonds. The van der Waals surface area contributed by atoms with Crippen LogP contribution in [0.15, 0.2) is 54.6 Å². The fourth-order valence-electron chi connectivity index (χ4n) is 3.41. The molecule has 0 aromatic heterocycles. The molecule has 0 unspecified atom stereocenters. The molecule has 1 aliphatic heterocycles. The van der Waals surface area contributed by atoms with E-state index in [0.717, 1.165) is 12.8 Å². The Morgan fingerprint density at radius 3 is 2.33 bits per heavy atom. The van der Waals surface area contributed by atoms with E-state index in [2.05, 4.69) is 0 Å². The molecule has 0 aliphatic carbocycles. The first-order valence-electron chi connectivity index (χ1n) is 9.20. The van der Waals surface area contributed by atoms with E-state index < -0.39 is 0 Å². The van der Waals surface area contributed by atoms with Crippen LogP contribution >= 0.6 is 11.6 Å². The Morgan fingerprint density at radius 1 is 0.926 bits per heavy atom. The second-order valence-electron chi connectivity index (χ2n) is 6.84. The molecule has 1 aliphatic rings. The van der Waals surface area contributed by atoms with Crippen LogP contribution in [0.3, 0.4) is 0 Å². The Labute approximate surface area is 164 Å². The number of nitrogens with zero attached hydrogens (tertiary/aromatic N) is 1. The lowest BCUT2D eigenvalue weighted by Crippen LogP contribution is -2.42. The van der Waals surface area contributed by atoms with E-state index in [1.807, 2.05) is 18.2 Å². The number of ketones is 2. The first-order valence-corrected chi connectivity index (χ1v) is 9.58. The summed E-state index contributed by atoms with van der Waals surface area (Å²) in [5.74, 6) is -0.249. The lowest BCUT2D eigenvalue weighted by atomic mass is 9.90. The van der Waals surface area contributed by atoms with Crippen LogP contribution in [0, 0.1) is 5.92 Å². The molecular weight excluding hydrogens is 362 g/mol. The number of carbonyl (C=O) groups excluding carboxylic acids is 3. The van der Waals surface area contributed by atoms with Crippen LogP contribution in [-0.2, 0) is 4.79 Å². The average molecular weight is 384 g/mol. The quantitative estimate of drug-likeness (QED) is 0.693. The Kier molecular flexibility index (Phi) is 6.40. The zero-order chi connectivity index (χ0) is 19.2. The van der Waals surface area contributed by atoms with Gasteiger partial charge >= 0.3 is 0 Å². The third kappa shape index (κ3) is 5.04. The minimum Gasteiger partial charge on any atom is -0.342 e. The number of likely N-dealkylation sites (tertiary alicyclic amines) is 1. The van der Waals surface area contributed by atoms with Crippen LogP contribution in [0.25, 0.3) is 0 Å². The maximum Gasteiger partial charge on any atom is 0.223 e. The molecule has 1 saturated heterocycles. The fourth-order valence-corrected chi connectivity index (χ4v) is 3.54. The number of Topliss-reactive ketones (excluding diaryl/α,β-unsaturated/α-hetero) is 2. The van der Waals surface area contributed by atoms with E-state index in [1.54, 1.807) is 41.3 Å². The normalized spacial score (nSPS) is 16.8. The van der Waals surface area contributed by atoms with Crippen molar-refractivity contribution in [3.63, 3.8) is 0 Å². The predicted molar refractivity (Wildman–Crippen MR) is 105 cm³/mol. The molecule has 1 fully saturated rings. The van der Waals surface area contributed by atoms with Crippen LogP contribution in [0.4, 0.5) is 0 Å². The molecular formula is C22H22ClNO3. The van der Waals surface area contributed by atoms with Gasteiger partial charge in [0.2, 0.25) is 5.91 Å². The van der Waals surface area contributed by atoms with Crippen LogP contribution in [0.1, 0.15) is 46.4 Å². The standard InChI is InChI=1S/C22H22ClNO3/c23-19-10-8-17(9-11-19)22(27)18-7-4-14-24(15-18)21(26)13-12-20(25)16-5-2-1-3-6-16/h1-3,5-6,8-11,18H,4,7,12-15H2/t18-/m0/s1. The minimum absolute atomic E-state index is 0.0326. The van der Waals surface area contributed by atoms with Gasteiger partial charge in [0, 0.05) is 48.0 Å². The molecule has 140 valence electrons. The summed E-state index contributed by atoms with van der Waals surface area (Å²) in [6.07, 6.45) is 1.93.